The first-order chi connectivity index (χ1) is 8.27. The van der Waals surface area contributed by atoms with E-state index in [-0.39, 0.29) is 17.1 Å². The largest absolute Gasteiger partial charge is 0.329 e. The van der Waals surface area contributed by atoms with E-state index in [1.54, 1.807) is 6.92 Å². The fourth-order valence-corrected chi connectivity index (χ4v) is 2.91. The molecule has 8 heteroatoms. The Morgan fingerprint density at radius 2 is 2.11 bits per heavy atom. The summed E-state index contributed by atoms with van der Waals surface area (Å²) in [5, 5.41) is 10.6. The van der Waals surface area contributed by atoms with E-state index < -0.39 is 21.0 Å². The number of hydrogen-bond acceptors (Lipinski definition) is 5. The van der Waals surface area contributed by atoms with Gasteiger partial charge in [-0.3, -0.25) is 10.1 Å². The summed E-state index contributed by atoms with van der Waals surface area (Å²) in [6.07, 6.45) is 0. The van der Waals surface area contributed by atoms with Crippen molar-refractivity contribution in [3.63, 3.8) is 0 Å². The zero-order valence-corrected chi connectivity index (χ0v) is 10.9. The Kier molecular flexibility index (Phi) is 4.38. The summed E-state index contributed by atoms with van der Waals surface area (Å²) < 4.78 is 26.3. The number of nitro benzene ring substituents is 1. The van der Waals surface area contributed by atoms with E-state index in [9.17, 15) is 18.5 Å². The summed E-state index contributed by atoms with van der Waals surface area (Å²) >= 11 is 0. The van der Waals surface area contributed by atoms with Crippen LogP contribution in [0.15, 0.2) is 23.1 Å². The van der Waals surface area contributed by atoms with Gasteiger partial charge < -0.3 is 5.73 Å². The molecule has 0 heterocycles. The molecular weight excluding hydrogens is 258 g/mol. The number of sulfonamides is 1. The second-order valence-corrected chi connectivity index (χ2v) is 5.65. The molecule has 0 aliphatic carbocycles. The van der Waals surface area contributed by atoms with Gasteiger partial charge in [0, 0.05) is 24.7 Å². The number of nitrogens with two attached hydrogens (primary N) is 1. The monoisotopic (exact) mass is 273 g/mol. The summed E-state index contributed by atoms with van der Waals surface area (Å²) in [4.78, 5) is 10.0. The quantitative estimate of drug-likeness (QED) is 0.599. The average molecular weight is 273 g/mol. The first-order valence-corrected chi connectivity index (χ1v) is 6.73. The lowest BCUT2D eigenvalue weighted by Crippen LogP contribution is -2.38. The number of benzene rings is 1. The number of aryl methyl sites for hydroxylation is 1. The standard InChI is InChI=1S/C10H15N3O4S/c1-7-5-9(13(14)15)3-4-10(7)18(16,17)12-8(2)6-11/h3-5,8,12H,6,11H2,1-2H3. The third kappa shape index (κ3) is 3.25. The number of nitrogens with zero attached hydrogens (tertiary/aromatic N) is 1. The molecule has 0 spiro atoms. The molecule has 0 aliphatic rings. The summed E-state index contributed by atoms with van der Waals surface area (Å²) in [5.41, 5.74) is 5.52. The van der Waals surface area contributed by atoms with E-state index in [2.05, 4.69) is 4.72 Å². The van der Waals surface area contributed by atoms with E-state index in [0.717, 1.165) is 6.07 Å². The Hall–Kier alpha value is -1.51. The van der Waals surface area contributed by atoms with Crippen LogP contribution < -0.4 is 10.5 Å². The van der Waals surface area contributed by atoms with Gasteiger partial charge in [0.25, 0.3) is 5.69 Å². The lowest BCUT2D eigenvalue weighted by molar-refractivity contribution is -0.385. The summed E-state index contributed by atoms with van der Waals surface area (Å²) in [6.45, 7) is 3.32. The fraction of sp³-hybridized carbons (Fsp3) is 0.400. The molecule has 0 radical (unpaired) electrons. The molecule has 0 fully saturated rings. The van der Waals surface area contributed by atoms with Crippen LogP contribution in [0.5, 0.6) is 0 Å². The number of nitro groups is 1. The molecule has 1 unspecified atom stereocenters. The minimum Gasteiger partial charge on any atom is -0.329 e. The lowest BCUT2D eigenvalue weighted by atomic mass is 10.2. The van der Waals surface area contributed by atoms with Gasteiger partial charge in [-0.05, 0) is 25.5 Å². The molecular formula is C10H15N3O4S. The van der Waals surface area contributed by atoms with Gasteiger partial charge in [0.05, 0.1) is 9.82 Å². The second-order valence-electron chi connectivity index (χ2n) is 3.96. The van der Waals surface area contributed by atoms with Crippen LogP contribution in [0.25, 0.3) is 0 Å². The lowest BCUT2D eigenvalue weighted by Gasteiger charge is -2.13. The summed E-state index contributed by atoms with van der Waals surface area (Å²) in [5.74, 6) is 0. The number of nitrogens with one attached hydrogen (secondary N) is 1. The van der Waals surface area contributed by atoms with Gasteiger partial charge in [0.15, 0.2) is 0 Å². The molecule has 18 heavy (non-hydrogen) atoms. The van der Waals surface area contributed by atoms with E-state index >= 15 is 0 Å². The highest BCUT2D eigenvalue weighted by Crippen LogP contribution is 2.21. The van der Waals surface area contributed by atoms with Crippen LogP contribution in [0, 0.1) is 17.0 Å². The Balaban J connectivity index is 3.14. The minimum atomic E-state index is -3.70. The Morgan fingerprint density at radius 1 is 1.50 bits per heavy atom. The van der Waals surface area contributed by atoms with Crippen molar-refractivity contribution in [3.05, 3.63) is 33.9 Å². The smallest absolute Gasteiger partial charge is 0.269 e. The Labute approximate surface area is 105 Å². The van der Waals surface area contributed by atoms with Gasteiger partial charge in [-0.15, -0.1) is 0 Å². The van der Waals surface area contributed by atoms with Crippen molar-refractivity contribution >= 4 is 15.7 Å². The van der Waals surface area contributed by atoms with Crippen molar-refractivity contribution in [2.75, 3.05) is 6.54 Å². The van der Waals surface area contributed by atoms with Crippen molar-refractivity contribution in [1.82, 2.24) is 4.72 Å². The average Bonchev–Trinajstić information content (AvgIpc) is 2.27. The zero-order chi connectivity index (χ0) is 13.9. The molecule has 3 N–H and O–H groups in total. The number of hydrogen-bond donors (Lipinski definition) is 2. The third-order valence-corrected chi connectivity index (χ3v) is 4.12. The van der Waals surface area contributed by atoms with Gasteiger partial charge in [-0.1, -0.05) is 0 Å². The second kappa shape index (κ2) is 5.42. The molecule has 7 nitrogen and oxygen atoms in total. The molecule has 1 aromatic rings. The van der Waals surface area contributed by atoms with Crippen LogP contribution in [0.1, 0.15) is 12.5 Å². The Morgan fingerprint density at radius 3 is 2.56 bits per heavy atom. The molecule has 1 rings (SSSR count). The molecule has 1 aromatic carbocycles. The summed E-state index contributed by atoms with van der Waals surface area (Å²) in [6, 6.07) is 3.21. The van der Waals surface area contributed by atoms with Crippen LogP contribution >= 0.6 is 0 Å². The fourth-order valence-electron chi connectivity index (χ4n) is 1.43. The SMILES string of the molecule is Cc1cc([N+](=O)[O-])ccc1S(=O)(=O)NC(C)CN. The molecule has 0 saturated heterocycles. The van der Waals surface area contributed by atoms with Crippen LogP contribution in [-0.4, -0.2) is 25.9 Å². The van der Waals surface area contributed by atoms with Crippen LogP contribution in [0.4, 0.5) is 5.69 Å². The van der Waals surface area contributed by atoms with Crippen molar-refractivity contribution in [2.24, 2.45) is 5.73 Å². The number of non-ortho nitro benzene ring substituents is 1. The normalized spacial score (nSPS) is 13.3. The third-order valence-electron chi connectivity index (χ3n) is 2.37. The van der Waals surface area contributed by atoms with Crippen molar-refractivity contribution in [3.8, 4) is 0 Å². The summed E-state index contributed by atoms with van der Waals surface area (Å²) in [7, 11) is -3.70. The van der Waals surface area contributed by atoms with Gasteiger partial charge in [-0.25, -0.2) is 13.1 Å². The highest BCUT2D eigenvalue weighted by atomic mass is 32.2. The van der Waals surface area contributed by atoms with E-state index in [0.29, 0.717) is 5.56 Å². The molecule has 0 saturated carbocycles. The maximum atomic E-state index is 12.0. The van der Waals surface area contributed by atoms with E-state index in [1.807, 2.05) is 0 Å². The Bertz CT molecular complexity index is 556. The zero-order valence-electron chi connectivity index (χ0n) is 10.1. The maximum absolute atomic E-state index is 12.0. The minimum absolute atomic E-state index is 0.0217. The first-order valence-electron chi connectivity index (χ1n) is 5.25. The van der Waals surface area contributed by atoms with Gasteiger partial charge >= 0.3 is 0 Å². The highest BCUT2D eigenvalue weighted by Gasteiger charge is 2.20. The van der Waals surface area contributed by atoms with Gasteiger partial charge in [-0.2, -0.15) is 0 Å². The van der Waals surface area contributed by atoms with Crippen LogP contribution in [0.2, 0.25) is 0 Å². The predicted octanol–water partition coefficient (Wildman–Crippen LogP) is 0.529. The van der Waals surface area contributed by atoms with Crippen LogP contribution in [-0.2, 0) is 10.0 Å². The topological polar surface area (TPSA) is 115 Å². The van der Waals surface area contributed by atoms with E-state index in [4.69, 9.17) is 5.73 Å². The first kappa shape index (κ1) is 14.6. The molecule has 100 valence electrons. The molecule has 0 amide bonds. The van der Waals surface area contributed by atoms with Crippen molar-refractivity contribution < 1.29 is 13.3 Å². The maximum Gasteiger partial charge on any atom is 0.269 e. The van der Waals surface area contributed by atoms with E-state index in [1.165, 1.54) is 19.1 Å². The molecule has 0 aromatic heterocycles. The predicted molar refractivity (Wildman–Crippen MR) is 66.7 cm³/mol. The molecule has 0 bridgehead atoms. The van der Waals surface area contributed by atoms with Crippen molar-refractivity contribution in [1.29, 1.82) is 0 Å². The van der Waals surface area contributed by atoms with Gasteiger partial charge in [0.1, 0.15) is 0 Å². The van der Waals surface area contributed by atoms with Gasteiger partial charge in [0.2, 0.25) is 10.0 Å². The number of rotatable bonds is 5. The molecule has 0 aliphatic heterocycles. The molecule has 1 atom stereocenters. The van der Waals surface area contributed by atoms with Crippen LogP contribution in [0.3, 0.4) is 0 Å². The highest BCUT2D eigenvalue weighted by molar-refractivity contribution is 7.89. The van der Waals surface area contributed by atoms with Crippen molar-refractivity contribution in [2.45, 2.75) is 24.8 Å².